The number of nitrogens with two attached hydrogens (primary N) is 1. The van der Waals surface area contributed by atoms with Gasteiger partial charge in [0.05, 0.1) is 26.3 Å². The zero-order valence-electron chi connectivity index (χ0n) is 13.0. The van der Waals surface area contributed by atoms with Crippen molar-refractivity contribution in [1.82, 2.24) is 15.2 Å². The second kappa shape index (κ2) is 8.06. The van der Waals surface area contributed by atoms with Crippen LogP contribution in [-0.2, 0) is 11.3 Å². The Labute approximate surface area is 143 Å². The van der Waals surface area contributed by atoms with Gasteiger partial charge in [-0.1, -0.05) is 0 Å². The van der Waals surface area contributed by atoms with E-state index in [9.17, 15) is 4.79 Å². The maximum atomic E-state index is 10.7. The topological polar surface area (TPSA) is 115 Å². The summed E-state index contributed by atoms with van der Waals surface area (Å²) in [6.07, 6.45) is 3.22. The Bertz CT molecular complexity index is 755. The molecule has 0 saturated heterocycles. The average Bonchev–Trinajstić information content (AvgIpc) is 2.96. The minimum Gasteiger partial charge on any atom is -0.497 e. The molecule has 8 nitrogen and oxygen atoms in total. The lowest BCUT2D eigenvalue weighted by molar-refractivity contribution is -0.137. The van der Waals surface area contributed by atoms with Crippen molar-refractivity contribution in [2.45, 2.75) is 13.0 Å². The van der Waals surface area contributed by atoms with E-state index in [-0.39, 0.29) is 18.1 Å². The fourth-order valence-corrected chi connectivity index (χ4v) is 2.05. The molecule has 0 aliphatic rings. The van der Waals surface area contributed by atoms with Gasteiger partial charge in [0.15, 0.2) is 5.11 Å². The molecule has 126 valence electrons. The molecule has 4 N–H and O–H groups in total. The highest BCUT2D eigenvalue weighted by atomic mass is 32.1. The lowest BCUT2D eigenvalue weighted by Gasteiger charge is -2.02. The van der Waals surface area contributed by atoms with Gasteiger partial charge in [-0.2, -0.15) is 10.2 Å². The van der Waals surface area contributed by atoms with E-state index in [1.807, 2.05) is 24.3 Å². The van der Waals surface area contributed by atoms with Crippen LogP contribution < -0.4 is 15.9 Å². The van der Waals surface area contributed by atoms with Crippen molar-refractivity contribution in [3.05, 3.63) is 36.0 Å². The number of nitrogens with zero attached hydrogens (tertiary/aromatic N) is 3. The Kier molecular flexibility index (Phi) is 5.85. The summed E-state index contributed by atoms with van der Waals surface area (Å²) < 4.78 is 6.71. The number of rotatable bonds is 7. The maximum Gasteiger partial charge on any atom is 0.305 e. The molecule has 1 heterocycles. The van der Waals surface area contributed by atoms with Crippen molar-refractivity contribution in [3.8, 4) is 17.0 Å². The molecule has 0 radical (unpaired) electrons. The third-order valence-corrected chi connectivity index (χ3v) is 3.18. The fraction of sp³-hybridized carbons (Fsp3) is 0.200. The van der Waals surface area contributed by atoms with Gasteiger partial charge in [0.2, 0.25) is 0 Å². The van der Waals surface area contributed by atoms with Crippen LogP contribution in [0.1, 0.15) is 12.0 Å². The Morgan fingerprint density at radius 3 is 2.79 bits per heavy atom. The first-order valence-corrected chi connectivity index (χ1v) is 7.42. The van der Waals surface area contributed by atoms with Gasteiger partial charge in [0.1, 0.15) is 11.4 Å². The molecule has 9 heteroatoms. The molecular formula is C15H17N5O3S. The summed E-state index contributed by atoms with van der Waals surface area (Å²) in [5.41, 5.74) is 10.0. The lowest BCUT2D eigenvalue weighted by atomic mass is 10.1. The van der Waals surface area contributed by atoms with Gasteiger partial charge >= 0.3 is 5.97 Å². The van der Waals surface area contributed by atoms with Crippen LogP contribution in [0.25, 0.3) is 11.3 Å². The Balaban J connectivity index is 2.32. The van der Waals surface area contributed by atoms with Crippen LogP contribution in [0.5, 0.6) is 5.75 Å². The zero-order chi connectivity index (χ0) is 17.5. The number of aryl methyl sites for hydroxylation is 1. The van der Waals surface area contributed by atoms with Crippen LogP contribution in [0.15, 0.2) is 35.6 Å². The minimum atomic E-state index is -0.887. The van der Waals surface area contributed by atoms with Crippen LogP contribution in [-0.4, -0.2) is 39.3 Å². The highest BCUT2D eigenvalue weighted by Gasteiger charge is 2.11. The lowest BCUT2D eigenvalue weighted by Crippen LogP contribution is -2.24. The number of benzene rings is 1. The number of hydrogen-bond acceptors (Lipinski definition) is 5. The van der Waals surface area contributed by atoms with Gasteiger partial charge in [-0.15, -0.1) is 0 Å². The van der Waals surface area contributed by atoms with Crippen LogP contribution in [0.4, 0.5) is 0 Å². The number of hydrogen-bond donors (Lipinski definition) is 3. The van der Waals surface area contributed by atoms with Crippen LogP contribution in [0, 0.1) is 0 Å². The first-order chi connectivity index (χ1) is 11.5. The highest BCUT2D eigenvalue weighted by molar-refractivity contribution is 7.80. The molecule has 1 aromatic heterocycles. The van der Waals surface area contributed by atoms with Crippen LogP contribution >= 0.6 is 12.2 Å². The first kappa shape index (κ1) is 17.4. The summed E-state index contributed by atoms with van der Waals surface area (Å²) >= 11 is 4.69. The van der Waals surface area contributed by atoms with Gasteiger partial charge in [-0.3, -0.25) is 14.9 Å². The molecule has 0 unspecified atom stereocenters. The summed E-state index contributed by atoms with van der Waals surface area (Å²) in [4.78, 5) is 10.7. The maximum absolute atomic E-state index is 10.7. The Morgan fingerprint density at radius 2 is 2.21 bits per heavy atom. The van der Waals surface area contributed by atoms with Gasteiger partial charge in [0.25, 0.3) is 0 Å². The fourth-order valence-electron chi connectivity index (χ4n) is 1.99. The molecule has 2 aromatic rings. The molecule has 2 rings (SSSR count). The predicted octanol–water partition coefficient (Wildman–Crippen LogP) is 1.20. The summed E-state index contributed by atoms with van der Waals surface area (Å²) in [5, 5.41) is 17.2. The molecule has 0 aliphatic carbocycles. The number of aromatic nitrogens is 2. The van der Waals surface area contributed by atoms with Crippen molar-refractivity contribution in [3.63, 3.8) is 0 Å². The van der Waals surface area contributed by atoms with Gasteiger partial charge in [0, 0.05) is 17.3 Å². The second-order valence-corrected chi connectivity index (χ2v) is 5.24. The summed E-state index contributed by atoms with van der Waals surface area (Å²) in [6, 6.07) is 7.36. The monoisotopic (exact) mass is 347 g/mol. The molecule has 24 heavy (non-hydrogen) atoms. The van der Waals surface area contributed by atoms with Crippen LogP contribution in [0.3, 0.4) is 0 Å². The molecule has 0 amide bonds. The standard InChI is InChI=1S/C15H17N5O3S/c1-23-12-4-2-10(3-5-12)14-11(8-17-18-15(16)24)9-20(19-14)7-6-13(21)22/h2-5,8-9H,6-7H2,1H3,(H,21,22)(H3,16,18,24)/b17-8+. The van der Waals surface area contributed by atoms with E-state index in [0.29, 0.717) is 11.3 Å². The zero-order valence-corrected chi connectivity index (χ0v) is 13.8. The average molecular weight is 347 g/mol. The van der Waals surface area contributed by atoms with Crippen molar-refractivity contribution in [2.24, 2.45) is 10.8 Å². The van der Waals surface area contributed by atoms with Gasteiger partial charge < -0.3 is 15.6 Å². The number of ether oxygens (including phenoxy) is 1. The number of nitrogens with one attached hydrogen (secondary N) is 1. The second-order valence-electron chi connectivity index (χ2n) is 4.80. The highest BCUT2D eigenvalue weighted by Crippen LogP contribution is 2.23. The van der Waals surface area contributed by atoms with Gasteiger partial charge in [-0.25, -0.2) is 0 Å². The molecule has 0 aliphatic heterocycles. The molecule has 0 saturated carbocycles. The molecule has 0 atom stereocenters. The van der Waals surface area contributed by atoms with Crippen molar-refractivity contribution >= 4 is 29.5 Å². The van der Waals surface area contributed by atoms with Crippen molar-refractivity contribution in [2.75, 3.05) is 7.11 Å². The van der Waals surface area contributed by atoms with E-state index in [1.54, 1.807) is 18.0 Å². The van der Waals surface area contributed by atoms with Crippen molar-refractivity contribution < 1.29 is 14.6 Å². The number of thiocarbonyl (C=S) groups is 1. The molecule has 0 spiro atoms. The molecule has 1 aromatic carbocycles. The van der Waals surface area contributed by atoms with E-state index < -0.39 is 5.97 Å². The van der Waals surface area contributed by atoms with E-state index in [0.717, 1.165) is 11.3 Å². The SMILES string of the molecule is COc1ccc(-c2nn(CCC(=O)O)cc2/C=N/NC(N)=S)cc1. The van der Waals surface area contributed by atoms with E-state index in [1.165, 1.54) is 6.21 Å². The van der Waals surface area contributed by atoms with Gasteiger partial charge in [-0.05, 0) is 36.5 Å². The normalized spacial score (nSPS) is 10.7. The number of carboxylic acid groups (broad SMARTS) is 1. The number of hydrazone groups is 1. The van der Waals surface area contributed by atoms with Crippen molar-refractivity contribution in [1.29, 1.82) is 0 Å². The third-order valence-electron chi connectivity index (χ3n) is 3.09. The summed E-state index contributed by atoms with van der Waals surface area (Å²) in [5.74, 6) is -0.156. The summed E-state index contributed by atoms with van der Waals surface area (Å²) in [7, 11) is 1.59. The molecular weight excluding hydrogens is 330 g/mol. The molecule has 0 fully saturated rings. The minimum absolute atomic E-state index is 0.0224. The van der Waals surface area contributed by atoms with E-state index >= 15 is 0 Å². The third kappa shape index (κ3) is 4.78. The van der Waals surface area contributed by atoms with E-state index in [2.05, 4.69) is 15.6 Å². The molecule has 0 bridgehead atoms. The smallest absolute Gasteiger partial charge is 0.305 e. The number of carboxylic acids is 1. The largest absolute Gasteiger partial charge is 0.497 e. The number of methoxy groups -OCH3 is 1. The quantitative estimate of drug-likeness (QED) is 0.392. The Morgan fingerprint density at radius 1 is 1.50 bits per heavy atom. The summed E-state index contributed by atoms with van der Waals surface area (Å²) in [6.45, 7) is 0.259. The number of carbonyl (C=O) groups is 1. The van der Waals surface area contributed by atoms with Crippen LogP contribution in [0.2, 0.25) is 0 Å². The first-order valence-electron chi connectivity index (χ1n) is 7.02. The Hall–Kier alpha value is -2.94. The van der Waals surface area contributed by atoms with E-state index in [4.69, 9.17) is 27.8 Å². The predicted molar refractivity (Wildman–Crippen MR) is 94.0 cm³/mol. The number of aliphatic carboxylic acids is 1.